The Hall–Kier alpha value is -0.590. The molecule has 1 rings (SSSR count). The van der Waals surface area contributed by atoms with Crippen LogP contribution in [0.15, 0.2) is 0 Å². The van der Waals surface area contributed by atoms with Gasteiger partial charge in [0, 0.05) is 25.7 Å². The second-order valence-corrected chi connectivity index (χ2v) is 5.83. The summed E-state index contributed by atoms with van der Waals surface area (Å²) in [6.45, 7) is 11.3. The molecule has 0 aromatic heterocycles. The van der Waals surface area contributed by atoms with E-state index < -0.39 is 0 Å². The molecule has 0 spiro atoms. The second-order valence-electron chi connectivity index (χ2n) is 5.83. The van der Waals surface area contributed by atoms with E-state index in [2.05, 4.69) is 43.7 Å². The van der Waals surface area contributed by atoms with Crippen LogP contribution in [-0.4, -0.2) is 49.1 Å². The van der Waals surface area contributed by atoms with Gasteiger partial charge in [0.2, 0.25) is 0 Å². The lowest BCUT2D eigenvalue weighted by Crippen LogP contribution is -2.39. The minimum atomic E-state index is 0.328. The molecule has 0 saturated carbocycles. The molecule has 1 unspecified atom stereocenters. The van der Waals surface area contributed by atoms with Crippen molar-refractivity contribution in [3.63, 3.8) is 0 Å². The van der Waals surface area contributed by atoms with Gasteiger partial charge in [0.15, 0.2) is 0 Å². The van der Waals surface area contributed by atoms with Gasteiger partial charge in [0.25, 0.3) is 0 Å². The van der Waals surface area contributed by atoms with Crippen LogP contribution in [-0.2, 0) is 0 Å². The lowest BCUT2D eigenvalue weighted by molar-refractivity contribution is 0.191. The summed E-state index contributed by atoms with van der Waals surface area (Å²) in [6.07, 6.45) is 1.84. The van der Waals surface area contributed by atoms with Crippen molar-refractivity contribution in [2.75, 3.05) is 33.2 Å². The predicted molar refractivity (Wildman–Crippen MR) is 67.2 cm³/mol. The highest BCUT2D eigenvalue weighted by Gasteiger charge is 2.31. The van der Waals surface area contributed by atoms with Gasteiger partial charge in [-0.15, -0.1) is 0 Å². The van der Waals surface area contributed by atoms with E-state index >= 15 is 0 Å². The molecule has 1 fully saturated rings. The fraction of sp³-hybridized carbons (Fsp3) is 0.923. The summed E-state index contributed by atoms with van der Waals surface area (Å²) in [7, 11) is 2.15. The average molecular weight is 223 g/mol. The van der Waals surface area contributed by atoms with Crippen molar-refractivity contribution in [3.05, 3.63) is 0 Å². The molecule has 0 aliphatic carbocycles. The number of nitriles is 1. The topological polar surface area (TPSA) is 30.3 Å². The number of nitrogens with zero attached hydrogens (tertiary/aromatic N) is 3. The minimum Gasteiger partial charge on any atom is -0.301 e. The molecule has 0 radical (unpaired) electrons. The molecular formula is C13H25N3. The molecule has 16 heavy (non-hydrogen) atoms. The van der Waals surface area contributed by atoms with E-state index in [4.69, 9.17) is 5.26 Å². The Labute approximate surface area is 100 Å². The third-order valence-electron chi connectivity index (χ3n) is 3.29. The second kappa shape index (κ2) is 5.65. The molecule has 0 N–H and O–H groups in total. The third-order valence-corrected chi connectivity index (χ3v) is 3.29. The van der Waals surface area contributed by atoms with Crippen LogP contribution in [0.5, 0.6) is 0 Å². The Morgan fingerprint density at radius 3 is 2.62 bits per heavy atom. The Bertz CT molecular complexity index is 254. The normalized spacial score (nSPS) is 27.3. The maximum atomic E-state index is 8.88. The SMILES string of the molecule is CCCN1CC(CC#N)N(C)CC(C)(C)C1. The zero-order valence-electron chi connectivity index (χ0n) is 11.2. The third kappa shape index (κ3) is 3.77. The van der Waals surface area contributed by atoms with Gasteiger partial charge in [-0.3, -0.25) is 0 Å². The average Bonchev–Trinajstić information content (AvgIpc) is 2.24. The molecule has 1 aliphatic rings. The van der Waals surface area contributed by atoms with Crippen LogP contribution in [0.3, 0.4) is 0 Å². The highest BCUT2D eigenvalue weighted by Crippen LogP contribution is 2.24. The lowest BCUT2D eigenvalue weighted by atomic mass is 9.92. The van der Waals surface area contributed by atoms with E-state index in [1.807, 2.05) is 0 Å². The van der Waals surface area contributed by atoms with Gasteiger partial charge >= 0.3 is 0 Å². The van der Waals surface area contributed by atoms with Crippen molar-refractivity contribution >= 4 is 0 Å². The van der Waals surface area contributed by atoms with Gasteiger partial charge in [0.1, 0.15) is 0 Å². The molecule has 0 aromatic rings. The number of hydrogen-bond donors (Lipinski definition) is 0. The van der Waals surface area contributed by atoms with Crippen LogP contribution in [0.2, 0.25) is 0 Å². The monoisotopic (exact) mass is 223 g/mol. The molecule has 1 saturated heterocycles. The van der Waals surface area contributed by atoms with Crippen molar-refractivity contribution in [1.82, 2.24) is 9.80 Å². The molecule has 1 heterocycles. The summed E-state index contributed by atoms with van der Waals surface area (Å²) >= 11 is 0. The Morgan fingerprint density at radius 1 is 1.38 bits per heavy atom. The molecule has 0 bridgehead atoms. The van der Waals surface area contributed by atoms with E-state index in [0.717, 1.165) is 26.2 Å². The predicted octanol–water partition coefficient (Wildman–Crippen LogP) is 1.95. The van der Waals surface area contributed by atoms with Crippen molar-refractivity contribution in [3.8, 4) is 6.07 Å². The zero-order valence-corrected chi connectivity index (χ0v) is 11.2. The Balaban J connectivity index is 2.73. The first kappa shape index (κ1) is 13.5. The van der Waals surface area contributed by atoms with E-state index in [0.29, 0.717) is 17.9 Å². The van der Waals surface area contributed by atoms with Crippen LogP contribution in [0.25, 0.3) is 0 Å². The van der Waals surface area contributed by atoms with Crippen molar-refractivity contribution < 1.29 is 0 Å². The smallest absolute Gasteiger partial charge is 0.0638 e. The van der Waals surface area contributed by atoms with E-state index in [-0.39, 0.29) is 0 Å². The fourth-order valence-electron chi connectivity index (χ4n) is 2.77. The molecular weight excluding hydrogens is 198 g/mol. The lowest BCUT2D eigenvalue weighted by Gasteiger charge is -2.30. The van der Waals surface area contributed by atoms with Gasteiger partial charge in [-0.25, -0.2) is 0 Å². The molecule has 1 atom stereocenters. The molecule has 92 valence electrons. The van der Waals surface area contributed by atoms with Crippen molar-refractivity contribution in [2.24, 2.45) is 5.41 Å². The molecule has 3 nitrogen and oxygen atoms in total. The molecule has 0 aromatic carbocycles. The molecule has 0 amide bonds. The summed E-state index contributed by atoms with van der Waals surface area (Å²) in [4.78, 5) is 4.88. The Morgan fingerprint density at radius 2 is 2.06 bits per heavy atom. The van der Waals surface area contributed by atoms with Crippen LogP contribution < -0.4 is 0 Å². The van der Waals surface area contributed by atoms with Gasteiger partial charge in [-0.2, -0.15) is 5.26 Å². The van der Waals surface area contributed by atoms with E-state index in [1.165, 1.54) is 6.42 Å². The molecule has 1 aliphatic heterocycles. The van der Waals surface area contributed by atoms with Crippen molar-refractivity contribution in [1.29, 1.82) is 5.26 Å². The van der Waals surface area contributed by atoms with Crippen molar-refractivity contribution in [2.45, 2.75) is 39.7 Å². The largest absolute Gasteiger partial charge is 0.301 e. The first-order chi connectivity index (χ1) is 7.48. The zero-order chi connectivity index (χ0) is 12.2. The summed E-state index contributed by atoms with van der Waals surface area (Å²) < 4.78 is 0. The number of hydrogen-bond acceptors (Lipinski definition) is 3. The number of rotatable bonds is 3. The van der Waals surface area contributed by atoms with Crippen LogP contribution in [0, 0.1) is 16.7 Å². The minimum absolute atomic E-state index is 0.328. The number of likely N-dealkylation sites (N-methyl/N-ethyl adjacent to an activating group) is 1. The van der Waals surface area contributed by atoms with Crippen LogP contribution >= 0.6 is 0 Å². The first-order valence-corrected chi connectivity index (χ1v) is 6.28. The quantitative estimate of drug-likeness (QED) is 0.732. The highest BCUT2D eigenvalue weighted by molar-refractivity contribution is 4.90. The maximum Gasteiger partial charge on any atom is 0.0638 e. The van der Waals surface area contributed by atoms with Crippen LogP contribution in [0.4, 0.5) is 0 Å². The fourth-order valence-corrected chi connectivity index (χ4v) is 2.77. The maximum absolute atomic E-state index is 8.88. The molecule has 3 heteroatoms. The van der Waals surface area contributed by atoms with Gasteiger partial charge in [0.05, 0.1) is 12.5 Å². The van der Waals surface area contributed by atoms with Crippen LogP contribution in [0.1, 0.15) is 33.6 Å². The highest BCUT2D eigenvalue weighted by atomic mass is 15.2. The summed E-state index contributed by atoms with van der Waals surface area (Å²) in [6, 6.07) is 2.72. The van der Waals surface area contributed by atoms with E-state index in [1.54, 1.807) is 0 Å². The first-order valence-electron chi connectivity index (χ1n) is 6.28. The summed E-state index contributed by atoms with van der Waals surface area (Å²) in [5.74, 6) is 0. The van der Waals surface area contributed by atoms with Gasteiger partial charge in [-0.1, -0.05) is 20.8 Å². The Kier molecular flexibility index (Phi) is 4.76. The summed E-state index contributed by atoms with van der Waals surface area (Å²) in [5, 5.41) is 8.88. The van der Waals surface area contributed by atoms with Gasteiger partial charge in [-0.05, 0) is 25.4 Å². The van der Waals surface area contributed by atoms with Gasteiger partial charge < -0.3 is 9.80 Å². The van der Waals surface area contributed by atoms with E-state index in [9.17, 15) is 0 Å². The standard InChI is InChI=1S/C13H25N3/c1-5-8-16-9-12(6-7-14)15(4)10-13(2,3)11-16/h12H,5-6,8-11H2,1-4H3. The summed E-state index contributed by atoms with van der Waals surface area (Å²) in [5.41, 5.74) is 0.328.